The first-order chi connectivity index (χ1) is 16.7. The van der Waals surface area contributed by atoms with Crippen molar-refractivity contribution in [2.45, 2.75) is 25.8 Å². The van der Waals surface area contributed by atoms with Crippen molar-refractivity contribution < 1.29 is 33.6 Å². The summed E-state index contributed by atoms with van der Waals surface area (Å²) in [6.07, 6.45) is 1.47. The molecule has 10 heteroatoms. The highest BCUT2D eigenvalue weighted by Crippen LogP contribution is 2.47. The molecule has 3 rings (SSSR count). The Kier molecular flexibility index (Phi) is 8.40. The first-order valence-corrected chi connectivity index (χ1v) is 11.6. The maximum Gasteiger partial charge on any atom is 0.295 e. The minimum atomic E-state index is -0.884. The number of methoxy groups -OCH3 is 4. The van der Waals surface area contributed by atoms with Crippen LogP contribution in [0.5, 0.6) is 23.0 Å². The largest absolute Gasteiger partial charge is 0.507 e. The van der Waals surface area contributed by atoms with Gasteiger partial charge in [0.15, 0.2) is 23.0 Å². The van der Waals surface area contributed by atoms with Gasteiger partial charge in [0.25, 0.3) is 11.7 Å². The van der Waals surface area contributed by atoms with Crippen molar-refractivity contribution in [2.75, 3.05) is 35.0 Å². The van der Waals surface area contributed by atoms with Gasteiger partial charge in [-0.15, -0.1) is 0 Å². The van der Waals surface area contributed by atoms with Crippen LogP contribution in [0, 0.1) is 0 Å². The zero-order valence-electron chi connectivity index (χ0n) is 20.1. The molecule has 1 aliphatic heterocycles. The van der Waals surface area contributed by atoms with Crippen molar-refractivity contribution >= 4 is 40.7 Å². The predicted molar refractivity (Wildman–Crippen MR) is 133 cm³/mol. The van der Waals surface area contributed by atoms with E-state index in [0.29, 0.717) is 30.0 Å². The molecule has 1 aliphatic rings. The molecule has 2 aromatic carbocycles. The van der Waals surface area contributed by atoms with E-state index in [1.807, 2.05) is 6.92 Å². The summed E-state index contributed by atoms with van der Waals surface area (Å²) in [6, 6.07) is 5.56. The number of carbonyl (C=O) groups excluding carboxylic acids is 2. The van der Waals surface area contributed by atoms with Crippen molar-refractivity contribution in [3.05, 3.63) is 51.0 Å². The summed E-state index contributed by atoms with van der Waals surface area (Å²) in [4.78, 5) is 27.8. The van der Waals surface area contributed by atoms with Crippen molar-refractivity contribution in [3.8, 4) is 23.0 Å². The van der Waals surface area contributed by atoms with Crippen LogP contribution in [-0.4, -0.2) is 56.7 Å². The molecule has 1 amide bonds. The Labute approximate surface area is 213 Å². The molecule has 1 atom stereocenters. The van der Waals surface area contributed by atoms with E-state index >= 15 is 0 Å². The third kappa shape index (κ3) is 4.73. The second kappa shape index (κ2) is 11.1. The van der Waals surface area contributed by atoms with Gasteiger partial charge in [0.2, 0.25) is 0 Å². The number of amides is 1. The van der Waals surface area contributed by atoms with Crippen molar-refractivity contribution in [3.63, 3.8) is 0 Å². The molecule has 1 fully saturated rings. The number of nitrogens with zero attached hydrogens (tertiary/aromatic N) is 1. The van der Waals surface area contributed by atoms with E-state index in [1.54, 1.807) is 18.2 Å². The van der Waals surface area contributed by atoms with E-state index in [9.17, 15) is 14.7 Å². The highest BCUT2D eigenvalue weighted by molar-refractivity contribution is 6.47. The molecular weight excluding hydrogens is 497 g/mol. The summed E-state index contributed by atoms with van der Waals surface area (Å²) in [5.41, 5.74) is 0.500. The molecule has 0 spiro atoms. The fraction of sp³-hybridized carbons (Fsp3) is 0.360. The molecular formula is C25H27Cl2NO7. The van der Waals surface area contributed by atoms with Crippen LogP contribution in [-0.2, 0) is 9.59 Å². The number of halogens is 2. The van der Waals surface area contributed by atoms with Crippen LogP contribution in [0.15, 0.2) is 29.8 Å². The number of aliphatic hydroxyl groups is 1. The number of unbranched alkanes of at least 4 members (excludes halogenated alkanes) is 1. The molecule has 0 radical (unpaired) electrons. The van der Waals surface area contributed by atoms with Crippen LogP contribution in [0.25, 0.3) is 5.76 Å². The molecule has 0 aromatic heterocycles. The number of Topliss-reactive ketones (excluding diaryl/α,β-unsaturated/α-hetero) is 1. The van der Waals surface area contributed by atoms with Gasteiger partial charge in [-0.05, 0) is 30.2 Å². The monoisotopic (exact) mass is 523 g/mol. The minimum absolute atomic E-state index is 0.0203. The second-order valence-electron chi connectivity index (χ2n) is 7.75. The Morgan fingerprint density at radius 3 is 2.20 bits per heavy atom. The predicted octanol–water partition coefficient (Wildman–Crippen LogP) is 5.25. The topological polar surface area (TPSA) is 94.5 Å². The van der Waals surface area contributed by atoms with E-state index in [1.165, 1.54) is 39.4 Å². The molecule has 8 nitrogen and oxygen atoms in total. The fourth-order valence-corrected chi connectivity index (χ4v) is 4.79. The lowest BCUT2D eigenvalue weighted by atomic mass is 9.94. The van der Waals surface area contributed by atoms with Gasteiger partial charge in [-0.1, -0.05) is 42.6 Å². The number of ether oxygens (including phenoxy) is 4. The third-order valence-electron chi connectivity index (χ3n) is 5.81. The van der Waals surface area contributed by atoms with Crippen LogP contribution in [0.4, 0.5) is 0 Å². The van der Waals surface area contributed by atoms with E-state index in [0.717, 1.165) is 6.42 Å². The lowest BCUT2D eigenvalue weighted by molar-refractivity contribution is -0.139. The lowest BCUT2D eigenvalue weighted by Gasteiger charge is -2.26. The number of hydrogen-bond acceptors (Lipinski definition) is 7. The quantitative estimate of drug-likeness (QED) is 0.272. The molecule has 0 saturated carbocycles. The maximum atomic E-state index is 13.3. The van der Waals surface area contributed by atoms with E-state index in [2.05, 4.69) is 0 Å². The SMILES string of the molecule is CCCCN1C(=O)C(=O)/C(=C(/O)c2cc(Cl)c(OC)c(Cl)c2OC)C1c1ccc(OC)c(OC)c1. The number of ketones is 1. The average Bonchev–Trinajstić information content (AvgIpc) is 3.11. The van der Waals surface area contributed by atoms with Crippen LogP contribution in [0.2, 0.25) is 10.0 Å². The summed E-state index contributed by atoms with van der Waals surface area (Å²) in [5, 5.41) is 11.5. The van der Waals surface area contributed by atoms with E-state index < -0.39 is 23.5 Å². The molecule has 1 heterocycles. The molecule has 1 saturated heterocycles. The molecule has 0 aliphatic carbocycles. The van der Waals surface area contributed by atoms with Crippen LogP contribution >= 0.6 is 23.2 Å². The smallest absolute Gasteiger partial charge is 0.295 e. The number of hydrogen-bond donors (Lipinski definition) is 1. The molecule has 2 aromatic rings. The van der Waals surface area contributed by atoms with Gasteiger partial charge >= 0.3 is 0 Å². The Morgan fingerprint density at radius 1 is 0.971 bits per heavy atom. The Hall–Kier alpha value is -3.10. The molecule has 35 heavy (non-hydrogen) atoms. The zero-order chi connectivity index (χ0) is 25.9. The van der Waals surface area contributed by atoms with Crippen LogP contribution in [0.1, 0.15) is 36.9 Å². The highest BCUT2D eigenvalue weighted by Gasteiger charge is 2.46. The van der Waals surface area contributed by atoms with E-state index in [4.69, 9.17) is 42.1 Å². The van der Waals surface area contributed by atoms with Gasteiger partial charge in [0, 0.05) is 6.54 Å². The Morgan fingerprint density at radius 2 is 1.63 bits per heavy atom. The first-order valence-electron chi connectivity index (χ1n) is 10.9. The minimum Gasteiger partial charge on any atom is -0.507 e. The van der Waals surface area contributed by atoms with Crippen molar-refractivity contribution in [1.82, 2.24) is 4.90 Å². The zero-order valence-corrected chi connectivity index (χ0v) is 21.6. The van der Waals surface area contributed by atoms with Crippen molar-refractivity contribution in [1.29, 1.82) is 0 Å². The summed E-state index contributed by atoms with van der Waals surface area (Å²) in [5.74, 6) is -0.910. The van der Waals surface area contributed by atoms with Gasteiger partial charge in [0.05, 0.1) is 50.6 Å². The highest BCUT2D eigenvalue weighted by atomic mass is 35.5. The van der Waals surface area contributed by atoms with Gasteiger partial charge in [-0.3, -0.25) is 9.59 Å². The number of rotatable bonds is 9. The number of likely N-dealkylation sites (tertiary alicyclic amines) is 1. The summed E-state index contributed by atoms with van der Waals surface area (Å²) < 4.78 is 21.4. The fourth-order valence-electron chi connectivity index (χ4n) is 4.10. The average molecular weight is 524 g/mol. The van der Waals surface area contributed by atoms with Gasteiger partial charge in [-0.25, -0.2) is 0 Å². The van der Waals surface area contributed by atoms with Crippen LogP contribution in [0.3, 0.4) is 0 Å². The van der Waals surface area contributed by atoms with E-state index in [-0.39, 0.29) is 32.7 Å². The van der Waals surface area contributed by atoms with Crippen LogP contribution < -0.4 is 18.9 Å². The molecule has 0 bridgehead atoms. The molecule has 1 N–H and O–H groups in total. The second-order valence-corrected chi connectivity index (χ2v) is 8.53. The Bertz CT molecular complexity index is 1180. The maximum absolute atomic E-state index is 13.3. The van der Waals surface area contributed by atoms with Crippen molar-refractivity contribution in [2.24, 2.45) is 0 Å². The Balaban J connectivity index is 2.31. The van der Waals surface area contributed by atoms with Gasteiger partial charge < -0.3 is 29.0 Å². The normalized spacial score (nSPS) is 17.0. The number of carbonyl (C=O) groups is 2. The standard InChI is InChI=1S/C25H27Cl2NO7/c1-6-7-10-28-20(13-8-9-16(32-2)17(11-13)33-3)18(22(30)25(28)31)21(29)14-12-15(26)24(35-5)19(27)23(14)34-4/h8-9,11-12,20,29H,6-7,10H2,1-5H3/b21-18+. The van der Waals surface area contributed by atoms with Gasteiger partial charge in [0.1, 0.15) is 10.8 Å². The molecule has 188 valence electrons. The number of aliphatic hydroxyl groups excluding tert-OH is 1. The summed E-state index contributed by atoms with van der Waals surface area (Å²) >= 11 is 12.7. The summed E-state index contributed by atoms with van der Waals surface area (Å²) in [6.45, 7) is 2.30. The number of benzene rings is 2. The van der Waals surface area contributed by atoms with Gasteiger partial charge in [-0.2, -0.15) is 0 Å². The first kappa shape index (κ1) is 26.5. The lowest BCUT2D eigenvalue weighted by Crippen LogP contribution is -2.30. The third-order valence-corrected chi connectivity index (χ3v) is 6.43. The molecule has 1 unspecified atom stereocenters. The summed E-state index contributed by atoms with van der Waals surface area (Å²) in [7, 11) is 5.75.